The van der Waals surface area contributed by atoms with Crippen molar-refractivity contribution in [2.75, 3.05) is 6.61 Å². The van der Waals surface area contributed by atoms with Crippen LogP contribution in [0.5, 0.6) is 0 Å². The molecule has 108 valence electrons. The van der Waals surface area contributed by atoms with Crippen molar-refractivity contribution in [3.8, 4) is 0 Å². The molecule has 0 radical (unpaired) electrons. The lowest BCUT2D eigenvalue weighted by Gasteiger charge is -2.24. The minimum Gasteiger partial charge on any atom is -0.376 e. The number of ether oxygens (including phenoxy) is 1. The van der Waals surface area contributed by atoms with E-state index >= 15 is 0 Å². The molecule has 5 nitrogen and oxygen atoms in total. The summed E-state index contributed by atoms with van der Waals surface area (Å²) in [7, 11) is 0. The van der Waals surface area contributed by atoms with E-state index in [-0.39, 0.29) is 12.1 Å². The van der Waals surface area contributed by atoms with Gasteiger partial charge in [-0.3, -0.25) is 16.0 Å². The van der Waals surface area contributed by atoms with Crippen LogP contribution in [-0.4, -0.2) is 28.5 Å². The first-order valence-electron chi connectivity index (χ1n) is 7.27. The summed E-state index contributed by atoms with van der Waals surface area (Å²) in [5, 5.41) is 4.63. The molecular formula is C14H26N4O. The van der Waals surface area contributed by atoms with Crippen molar-refractivity contribution in [2.24, 2.45) is 11.8 Å². The highest BCUT2D eigenvalue weighted by atomic mass is 16.5. The number of hydrogen-bond acceptors (Lipinski definition) is 4. The average Bonchev–Trinajstić information content (AvgIpc) is 3.04. The van der Waals surface area contributed by atoms with Crippen molar-refractivity contribution in [1.82, 2.24) is 15.2 Å². The van der Waals surface area contributed by atoms with Crippen molar-refractivity contribution in [2.45, 2.75) is 58.2 Å². The second-order valence-corrected chi connectivity index (χ2v) is 5.62. The van der Waals surface area contributed by atoms with Gasteiger partial charge in [0.15, 0.2) is 0 Å². The number of rotatable bonds is 6. The summed E-state index contributed by atoms with van der Waals surface area (Å²) in [5.74, 6) is 6.24. The summed E-state index contributed by atoms with van der Waals surface area (Å²) in [6, 6.07) is 2.66. The Morgan fingerprint density at radius 1 is 1.63 bits per heavy atom. The average molecular weight is 266 g/mol. The molecule has 4 unspecified atom stereocenters. The van der Waals surface area contributed by atoms with E-state index in [1.807, 2.05) is 4.68 Å². The molecule has 0 bridgehead atoms. The van der Waals surface area contributed by atoms with E-state index < -0.39 is 0 Å². The standard InChI is InChI=1S/C14H26N4O/c1-4-11(3)18-7-5-12(17-18)9-13(16-15)14-10(2)6-8-19-14/h5,7,10-11,13-14,16H,4,6,8-9,15H2,1-3H3. The third-order valence-corrected chi connectivity index (χ3v) is 4.19. The zero-order chi connectivity index (χ0) is 13.8. The summed E-state index contributed by atoms with van der Waals surface area (Å²) >= 11 is 0. The number of nitrogens with zero attached hydrogens (tertiary/aromatic N) is 2. The van der Waals surface area contributed by atoms with Crippen LogP contribution in [0.4, 0.5) is 0 Å². The SMILES string of the molecule is CCC(C)n1ccc(CC(NN)C2OCCC2C)n1. The van der Waals surface area contributed by atoms with Gasteiger partial charge in [-0.15, -0.1) is 0 Å². The normalized spacial score (nSPS) is 26.5. The smallest absolute Gasteiger partial charge is 0.0771 e. The van der Waals surface area contributed by atoms with Gasteiger partial charge in [0.05, 0.1) is 17.8 Å². The second kappa shape index (κ2) is 6.50. The highest BCUT2D eigenvalue weighted by Gasteiger charge is 2.31. The maximum atomic E-state index is 5.79. The van der Waals surface area contributed by atoms with Crippen LogP contribution in [0.2, 0.25) is 0 Å². The van der Waals surface area contributed by atoms with Crippen molar-refractivity contribution >= 4 is 0 Å². The van der Waals surface area contributed by atoms with E-state index in [1.54, 1.807) is 0 Å². The summed E-state index contributed by atoms with van der Waals surface area (Å²) in [4.78, 5) is 0. The van der Waals surface area contributed by atoms with E-state index in [9.17, 15) is 0 Å². The van der Waals surface area contributed by atoms with Crippen molar-refractivity contribution in [3.05, 3.63) is 18.0 Å². The van der Waals surface area contributed by atoms with Gasteiger partial charge in [0.25, 0.3) is 0 Å². The van der Waals surface area contributed by atoms with E-state index in [1.165, 1.54) is 0 Å². The minimum absolute atomic E-state index is 0.137. The molecule has 3 N–H and O–H groups in total. The van der Waals surface area contributed by atoms with Crippen molar-refractivity contribution in [1.29, 1.82) is 0 Å². The Morgan fingerprint density at radius 2 is 2.42 bits per heavy atom. The molecule has 19 heavy (non-hydrogen) atoms. The van der Waals surface area contributed by atoms with Crippen LogP contribution in [0, 0.1) is 5.92 Å². The van der Waals surface area contributed by atoms with Gasteiger partial charge >= 0.3 is 0 Å². The van der Waals surface area contributed by atoms with Gasteiger partial charge in [0, 0.05) is 25.3 Å². The summed E-state index contributed by atoms with van der Waals surface area (Å²) < 4.78 is 7.82. The Hall–Kier alpha value is -0.910. The Kier molecular flexibility index (Phi) is 4.96. The Morgan fingerprint density at radius 3 is 3.00 bits per heavy atom. The van der Waals surface area contributed by atoms with Crippen LogP contribution in [0.15, 0.2) is 12.3 Å². The van der Waals surface area contributed by atoms with Gasteiger partial charge in [-0.05, 0) is 31.7 Å². The van der Waals surface area contributed by atoms with Crippen molar-refractivity contribution in [3.63, 3.8) is 0 Å². The predicted molar refractivity (Wildman–Crippen MR) is 75.6 cm³/mol. The van der Waals surface area contributed by atoms with E-state index in [4.69, 9.17) is 10.6 Å². The number of nitrogens with two attached hydrogens (primary N) is 1. The number of aromatic nitrogens is 2. The molecule has 1 aromatic heterocycles. The maximum absolute atomic E-state index is 5.79. The van der Waals surface area contributed by atoms with Crippen LogP contribution in [0.25, 0.3) is 0 Å². The molecular weight excluding hydrogens is 240 g/mol. The lowest BCUT2D eigenvalue weighted by atomic mass is 9.95. The van der Waals surface area contributed by atoms with Crippen LogP contribution in [-0.2, 0) is 11.2 Å². The fourth-order valence-corrected chi connectivity index (χ4v) is 2.65. The van der Waals surface area contributed by atoms with Gasteiger partial charge < -0.3 is 4.74 Å². The molecule has 1 aliphatic rings. The van der Waals surface area contributed by atoms with Crippen LogP contribution in [0.3, 0.4) is 0 Å². The summed E-state index contributed by atoms with van der Waals surface area (Å²) in [5.41, 5.74) is 3.98. The van der Waals surface area contributed by atoms with Crippen LogP contribution >= 0.6 is 0 Å². The molecule has 1 fully saturated rings. The zero-order valence-corrected chi connectivity index (χ0v) is 12.2. The van der Waals surface area contributed by atoms with Crippen molar-refractivity contribution < 1.29 is 4.74 Å². The molecule has 1 saturated heterocycles. The molecule has 4 atom stereocenters. The monoisotopic (exact) mass is 266 g/mol. The molecule has 0 saturated carbocycles. The number of hydrogen-bond donors (Lipinski definition) is 2. The third-order valence-electron chi connectivity index (χ3n) is 4.19. The first-order valence-corrected chi connectivity index (χ1v) is 7.27. The van der Waals surface area contributed by atoms with Gasteiger partial charge in [-0.25, -0.2) is 0 Å². The molecule has 0 amide bonds. The zero-order valence-electron chi connectivity index (χ0n) is 12.2. The van der Waals surface area contributed by atoms with Gasteiger partial charge in [-0.1, -0.05) is 13.8 Å². The summed E-state index contributed by atoms with van der Waals surface area (Å²) in [6.07, 6.45) is 5.26. The quantitative estimate of drug-likeness (QED) is 0.607. The fraction of sp³-hybridized carbons (Fsp3) is 0.786. The molecule has 0 spiro atoms. The third kappa shape index (κ3) is 3.35. The van der Waals surface area contributed by atoms with Gasteiger partial charge in [0.2, 0.25) is 0 Å². The molecule has 0 aromatic carbocycles. The number of nitrogens with one attached hydrogen (secondary N) is 1. The lowest BCUT2D eigenvalue weighted by molar-refractivity contribution is 0.0607. The first kappa shape index (κ1) is 14.5. The van der Waals surface area contributed by atoms with E-state index in [0.29, 0.717) is 12.0 Å². The van der Waals surface area contributed by atoms with Crippen LogP contribution in [0.1, 0.15) is 45.3 Å². The van der Waals surface area contributed by atoms with Gasteiger partial charge in [-0.2, -0.15) is 5.10 Å². The topological polar surface area (TPSA) is 65.1 Å². The molecule has 2 rings (SSSR count). The highest BCUT2D eigenvalue weighted by molar-refractivity contribution is 5.04. The molecule has 1 aliphatic heterocycles. The fourth-order valence-electron chi connectivity index (χ4n) is 2.65. The highest BCUT2D eigenvalue weighted by Crippen LogP contribution is 2.24. The molecule has 5 heteroatoms. The molecule has 1 aromatic rings. The molecule has 0 aliphatic carbocycles. The second-order valence-electron chi connectivity index (χ2n) is 5.62. The minimum atomic E-state index is 0.137. The number of hydrazine groups is 1. The predicted octanol–water partition coefficient (Wildman–Crippen LogP) is 1.65. The van der Waals surface area contributed by atoms with E-state index in [2.05, 4.69) is 43.6 Å². The molecule has 2 heterocycles. The largest absolute Gasteiger partial charge is 0.376 e. The van der Waals surface area contributed by atoms with Gasteiger partial charge in [0.1, 0.15) is 0 Å². The van der Waals surface area contributed by atoms with Crippen LogP contribution < -0.4 is 11.3 Å². The maximum Gasteiger partial charge on any atom is 0.0771 e. The first-order chi connectivity index (χ1) is 9.15. The van der Waals surface area contributed by atoms with E-state index in [0.717, 1.165) is 31.6 Å². The summed E-state index contributed by atoms with van der Waals surface area (Å²) in [6.45, 7) is 7.41. The Labute approximate surface area is 115 Å². The Balaban J connectivity index is 2.00. The lowest BCUT2D eigenvalue weighted by Crippen LogP contribution is -2.47. The Bertz CT molecular complexity index is 393.